The van der Waals surface area contributed by atoms with E-state index in [1.165, 1.54) is 32.1 Å². The molecule has 108 valence electrons. The SMILES string of the molecule is C=CCNC(=O)C(C)N1CCCCC1CNC1CC1. The van der Waals surface area contributed by atoms with E-state index >= 15 is 0 Å². The Labute approximate surface area is 116 Å². The number of amides is 1. The van der Waals surface area contributed by atoms with Crippen molar-refractivity contribution in [2.24, 2.45) is 0 Å². The summed E-state index contributed by atoms with van der Waals surface area (Å²) in [6.07, 6.45) is 8.07. The summed E-state index contributed by atoms with van der Waals surface area (Å²) in [7, 11) is 0. The van der Waals surface area contributed by atoms with Gasteiger partial charge in [0.25, 0.3) is 0 Å². The van der Waals surface area contributed by atoms with Crippen LogP contribution in [-0.2, 0) is 4.79 Å². The van der Waals surface area contributed by atoms with Gasteiger partial charge in [0, 0.05) is 25.2 Å². The highest BCUT2D eigenvalue weighted by Crippen LogP contribution is 2.22. The van der Waals surface area contributed by atoms with Crippen molar-refractivity contribution < 1.29 is 4.79 Å². The second-order valence-corrected chi connectivity index (χ2v) is 5.78. The normalized spacial score (nSPS) is 25.8. The molecule has 0 radical (unpaired) electrons. The Bertz CT molecular complexity index is 315. The second kappa shape index (κ2) is 7.06. The Balaban J connectivity index is 1.85. The van der Waals surface area contributed by atoms with Crippen LogP contribution in [0.1, 0.15) is 39.0 Å². The number of nitrogens with one attached hydrogen (secondary N) is 2. The van der Waals surface area contributed by atoms with Gasteiger partial charge in [0.1, 0.15) is 0 Å². The minimum atomic E-state index is -0.0359. The zero-order valence-electron chi connectivity index (χ0n) is 12.0. The minimum absolute atomic E-state index is 0.0359. The molecule has 2 fully saturated rings. The molecule has 0 aromatic carbocycles. The van der Waals surface area contributed by atoms with Crippen molar-refractivity contribution in [1.29, 1.82) is 0 Å². The summed E-state index contributed by atoms with van der Waals surface area (Å²) in [5, 5.41) is 6.51. The van der Waals surface area contributed by atoms with Crippen LogP contribution in [0.25, 0.3) is 0 Å². The van der Waals surface area contributed by atoms with E-state index in [2.05, 4.69) is 22.1 Å². The van der Waals surface area contributed by atoms with Crippen LogP contribution >= 0.6 is 0 Å². The molecule has 2 aliphatic rings. The third kappa shape index (κ3) is 4.32. The van der Waals surface area contributed by atoms with Gasteiger partial charge in [-0.2, -0.15) is 0 Å². The number of carbonyl (C=O) groups is 1. The van der Waals surface area contributed by atoms with Crippen LogP contribution in [0.3, 0.4) is 0 Å². The smallest absolute Gasteiger partial charge is 0.237 e. The monoisotopic (exact) mass is 265 g/mol. The first-order chi connectivity index (χ1) is 9.22. The molecule has 1 aliphatic heterocycles. The van der Waals surface area contributed by atoms with Crippen LogP contribution in [0, 0.1) is 0 Å². The molecule has 0 spiro atoms. The fourth-order valence-electron chi connectivity index (χ4n) is 2.81. The van der Waals surface area contributed by atoms with Crippen LogP contribution in [-0.4, -0.2) is 48.6 Å². The van der Waals surface area contributed by atoms with Crippen molar-refractivity contribution in [3.05, 3.63) is 12.7 Å². The Kier molecular flexibility index (Phi) is 5.40. The fourth-order valence-corrected chi connectivity index (χ4v) is 2.81. The summed E-state index contributed by atoms with van der Waals surface area (Å²) in [5.41, 5.74) is 0. The molecule has 2 atom stereocenters. The van der Waals surface area contributed by atoms with Crippen LogP contribution < -0.4 is 10.6 Å². The average molecular weight is 265 g/mol. The summed E-state index contributed by atoms with van der Waals surface area (Å²) >= 11 is 0. The number of piperidine rings is 1. The second-order valence-electron chi connectivity index (χ2n) is 5.78. The van der Waals surface area contributed by atoms with Crippen molar-refractivity contribution in [3.8, 4) is 0 Å². The summed E-state index contributed by atoms with van der Waals surface area (Å²) in [6, 6.07) is 1.22. The summed E-state index contributed by atoms with van der Waals surface area (Å²) < 4.78 is 0. The van der Waals surface area contributed by atoms with Gasteiger partial charge in [-0.05, 0) is 39.2 Å². The molecule has 1 amide bonds. The lowest BCUT2D eigenvalue weighted by atomic mass is 9.99. The Hall–Kier alpha value is -0.870. The van der Waals surface area contributed by atoms with Crippen molar-refractivity contribution in [2.75, 3.05) is 19.6 Å². The molecule has 19 heavy (non-hydrogen) atoms. The van der Waals surface area contributed by atoms with Crippen molar-refractivity contribution >= 4 is 5.91 Å². The maximum atomic E-state index is 12.1. The van der Waals surface area contributed by atoms with Gasteiger partial charge in [-0.25, -0.2) is 0 Å². The van der Waals surface area contributed by atoms with E-state index in [4.69, 9.17) is 0 Å². The Morgan fingerprint density at radius 1 is 1.42 bits per heavy atom. The molecule has 1 saturated carbocycles. The predicted octanol–water partition coefficient (Wildman–Crippen LogP) is 1.28. The highest BCUT2D eigenvalue weighted by molar-refractivity contribution is 5.81. The van der Waals surface area contributed by atoms with E-state index in [-0.39, 0.29) is 11.9 Å². The molecule has 1 aliphatic carbocycles. The van der Waals surface area contributed by atoms with Gasteiger partial charge < -0.3 is 10.6 Å². The van der Waals surface area contributed by atoms with E-state index in [1.54, 1.807) is 6.08 Å². The van der Waals surface area contributed by atoms with Crippen molar-refractivity contribution in [3.63, 3.8) is 0 Å². The van der Waals surface area contributed by atoms with Crippen LogP contribution in [0.2, 0.25) is 0 Å². The van der Waals surface area contributed by atoms with E-state index in [0.29, 0.717) is 12.6 Å². The van der Waals surface area contributed by atoms with Gasteiger partial charge in [0.2, 0.25) is 5.91 Å². The molecule has 4 nitrogen and oxygen atoms in total. The summed E-state index contributed by atoms with van der Waals surface area (Å²) in [5.74, 6) is 0.123. The number of rotatable bonds is 7. The van der Waals surface area contributed by atoms with Gasteiger partial charge in [-0.1, -0.05) is 12.5 Å². The molecule has 2 N–H and O–H groups in total. The average Bonchev–Trinajstić information content (AvgIpc) is 3.26. The molecule has 4 heteroatoms. The molecule has 0 bridgehead atoms. The molecule has 0 aromatic rings. The molecule has 2 rings (SSSR count). The van der Waals surface area contributed by atoms with Gasteiger partial charge in [-0.3, -0.25) is 9.69 Å². The molecule has 2 unspecified atom stereocenters. The van der Waals surface area contributed by atoms with E-state index in [9.17, 15) is 4.79 Å². The first kappa shape index (κ1) is 14.5. The maximum Gasteiger partial charge on any atom is 0.237 e. The van der Waals surface area contributed by atoms with E-state index in [0.717, 1.165) is 19.1 Å². The molecule has 1 heterocycles. The first-order valence-corrected chi connectivity index (χ1v) is 7.60. The van der Waals surface area contributed by atoms with Gasteiger partial charge in [0.05, 0.1) is 6.04 Å². The van der Waals surface area contributed by atoms with E-state index < -0.39 is 0 Å². The number of hydrogen-bond donors (Lipinski definition) is 2. The number of hydrogen-bond acceptors (Lipinski definition) is 3. The third-order valence-corrected chi connectivity index (χ3v) is 4.19. The lowest BCUT2D eigenvalue weighted by Gasteiger charge is -2.39. The number of nitrogens with zero attached hydrogens (tertiary/aromatic N) is 1. The van der Waals surface area contributed by atoms with Gasteiger partial charge in [-0.15, -0.1) is 6.58 Å². The number of carbonyl (C=O) groups excluding carboxylic acids is 1. The van der Waals surface area contributed by atoms with Gasteiger partial charge >= 0.3 is 0 Å². The lowest BCUT2D eigenvalue weighted by Crippen LogP contribution is -2.54. The first-order valence-electron chi connectivity index (χ1n) is 7.60. The van der Waals surface area contributed by atoms with Crippen LogP contribution in [0.15, 0.2) is 12.7 Å². The van der Waals surface area contributed by atoms with Crippen LogP contribution in [0.5, 0.6) is 0 Å². The Morgan fingerprint density at radius 2 is 2.21 bits per heavy atom. The highest BCUT2D eigenvalue weighted by atomic mass is 16.2. The van der Waals surface area contributed by atoms with Gasteiger partial charge in [0.15, 0.2) is 0 Å². The Morgan fingerprint density at radius 3 is 2.89 bits per heavy atom. The standard InChI is InChI=1S/C15H27N3O/c1-3-9-16-15(19)12(2)18-10-5-4-6-14(18)11-17-13-7-8-13/h3,12-14,17H,1,4-11H2,2H3,(H,16,19). The summed E-state index contributed by atoms with van der Waals surface area (Å²) in [6.45, 7) is 8.29. The molecular weight excluding hydrogens is 238 g/mol. The largest absolute Gasteiger partial charge is 0.351 e. The van der Waals surface area contributed by atoms with E-state index in [1.807, 2.05) is 6.92 Å². The highest BCUT2D eigenvalue weighted by Gasteiger charge is 2.31. The van der Waals surface area contributed by atoms with Crippen LogP contribution in [0.4, 0.5) is 0 Å². The minimum Gasteiger partial charge on any atom is -0.351 e. The zero-order chi connectivity index (χ0) is 13.7. The molecule has 0 aromatic heterocycles. The lowest BCUT2D eigenvalue weighted by molar-refractivity contribution is -0.127. The predicted molar refractivity (Wildman–Crippen MR) is 78.0 cm³/mol. The third-order valence-electron chi connectivity index (χ3n) is 4.19. The topological polar surface area (TPSA) is 44.4 Å². The van der Waals surface area contributed by atoms with Crippen molar-refractivity contribution in [2.45, 2.75) is 57.2 Å². The quantitative estimate of drug-likeness (QED) is 0.682. The summed E-state index contributed by atoms with van der Waals surface area (Å²) in [4.78, 5) is 14.4. The molecular formula is C15H27N3O. The molecule has 1 saturated heterocycles. The number of likely N-dealkylation sites (tertiary alicyclic amines) is 1. The zero-order valence-corrected chi connectivity index (χ0v) is 12.0. The maximum absolute atomic E-state index is 12.1. The van der Waals surface area contributed by atoms with Crippen molar-refractivity contribution in [1.82, 2.24) is 15.5 Å². The fraction of sp³-hybridized carbons (Fsp3) is 0.800.